The van der Waals surface area contributed by atoms with Crippen molar-refractivity contribution < 1.29 is 23.9 Å². The molecule has 3 rings (SSSR count). The van der Waals surface area contributed by atoms with E-state index in [4.69, 9.17) is 9.47 Å². The van der Waals surface area contributed by atoms with Crippen LogP contribution in [0.5, 0.6) is 0 Å². The van der Waals surface area contributed by atoms with Crippen molar-refractivity contribution in [1.29, 1.82) is 0 Å². The summed E-state index contributed by atoms with van der Waals surface area (Å²) in [4.78, 5) is 35.5. The second-order valence-electron chi connectivity index (χ2n) is 5.50. The van der Waals surface area contributed by atoms with Crippen molar-refractivity contribution in [3.05, 3.63) is 0 Å². The van der Waals surface area contributed by atoms with Crippen LogP contribution in [-0.4, -0.2) is 30.4 Å². The maximum atomic E-state index is 12.3. The van der Waals surface area contributed by atoms with Gasteiger partial charge in [-0.25, -0.2) is 4.79 Å². The molecule has 0 radical (unpaired) electrons. The third kappa shape index (κ3) is 1.36. The number of carbonyl (C=O) groups is 3. The molecule has 0 unspecified atom stereocenters. The number of esters is 2. The van der Waals surface area contributed by atoms with Crippen LogP contribution >= 0.6 is 0 Å². The van der Waals surface area contributed by atoms with E-state index in [2.05, 4.69) is 0 Å². The standard InChI is InChI=1S/C13H16O5/c1-7-11(15)17-5-3-8-6-9-10(14)2-4-13(8,9)12(16)18-7/h7-9H,2-6H2,1H3/t7-,8+,9-,13+/m0/s1. The molecule has 1 spiro atoms. The summed E-state index contributed by atoms with van der Waals surface area (Å²) in [6.45, 7) is 1.83. The minimum Gasteiger partial charge on any atom is -0.463 e. The Morgan fingerprint density at radius 2 is 2.06 bits per heavy atom. The lowest BCUT2D eigenvalue weighted by atomic mass is 9.53. The topological polar surface area (TPSA) is 69.7 Å². The number of ether oxygens (including phenoxy) is 2. The minimum atomic E-state index is -0.873. The molecule has 0 bridgehead atoms. The van der Waals surface area contributed by atoms with E-state index >= 15 is 0 Å². The van der Waals surface area contributed by atoms with Crippen molar-refractivity contribution in [2.75, 3.05) is 6.61 Å². The Kier molecular flexibility index (Phi) is 2.47. The van der Waals surface area contributed by atoms with Crippen LogP contribution in [0, 0.1) is 17.3 Å². The molecule has 0 aromatic carbocycles. The second kappa shape index (κ2) is 3.80. The first kappa shape index (κ1) is 11.7. The fourth-order valence-corrected chi connectivity index (χ4v) is 3.65. The molecule has 5 heteroatoms. The van der Waals surface area contributed by atoms with Gasteiger partial charge in [-0.05, 0) is 32.1 Å². The Morgan fingerprint density at radius 3 is 2.78 bits per heavy atom. The van der Waals surface area contributed by atoms with Gasteiger partial charge in [-0.15, -0.1) is 0 Å². The molecule has 0 N–H and O–H groups in total. The van der Waals surface area contributed by atoms with Crippen LogP contribution < -0.4 is 0 Å². The SMILES string of the molecule is C[C@@H]1OC(=O)[C@@]23CCC(=O)[C@@H]2C[C@H]3CCOC1=O. The molecule has 2 aliphatic carbocycles. The molecule has 0 amide bonds. The van der Waals surface area contributed by atoms with Crippen LogP contribution in [0.3, 0.4) is 0 Å². The lowest BCUT2D eigenvalue weighted by molar-refractivity contribution is -0.183. The van der Waals surface area contributed by atoms with Crippen LogP contribution in [0.15, 0.2) is 0 Å². The number of Topliss-reactive ketones (excluding diaryl/α,β-unsaturated/α-hetero) is 1. The summed E-state index contributed by atoms with van der Waals surface area (Å²) in [5.74, 6) is -0.764. The van der Waals surface area contributed by atoms with E-state index in [0.29, 0.717) is 25.9 Å². The highest BCUT2D eigenvalue weighted by Gasteiger charge is 2.66. The molecular weight excluding hydrogens is 236 g/mol. The van der Waals surface area contributed by atoms with E-state index in [0.717, 1.165) is 6.42 Å². The van der Waals surface area contributed by atoms with Crippen LogP contribution in [0.1, 0.15) is 32.6 Å². The Bertz CT molecular complexity index is 429. The van der Waals surface area contributed by atoms with Crippen molar-refractivity contribution in [2.24, 2.45) is 17.3 Å². The maximum absolute atomic E-state index is 12.3. The van der Waals surface area contributed by atoms with E-state index < -0.39 is 17.5 Å². The predicted octanol–water partition coefficient (Wildman–Crippen LogP) is 0.850. The first-order chi connectivity index (χ1) is 8.55. The number of ketones is 1. The second-order valence-corrected chi connectivity index (χ2v) is 5.50. The van der Waals surface area contributed by atoms with Gasteiger partial charge in [0.15, 0.2) is 6.10 Å². The normalized spacial score (nSPS) is 43.6. The summed E-state index contributed by atoms with van der Waals surface area (Å²) in [7, 11) is 0. The first-order valence-corrected chi connectivity index (χ1v) is 6.46. The number of rotatable bonds is 0. The van der Waals surface area contributed by atoms with Gasteiger partial charge in [-0.1, -0.05) is 0 Å². The largest absolute Gasteiger partial charge is 0.463 e. The predicted molar refractivity (Wildman–Crippen MR) is 59.4 cm³/mol. The third-order valence-corrected chi connectivity index (χ3v) is 4.75. The lowest BCUT2D eigenvalue weighted by Gasteiger charge is -2.49. The molecule has 18 heavy (non-hydrogen) atoms. The molecule has 0 aromatic rings. The van der Waals surface area contributed by atoms with Gasteiger partial charge in [0, 0.05) is 12.3 Å². The smallest absolute Gasteiger partial charge is 0.347 e. The Hall–Kier alpha value is -1.39. The Balaban J connectivity index is 1.91. The monoisotopic (exact) mass is 252 g/mol. The summed E-state index contributed by atoms with van der Waals surface area (Å²) in [6.07, 6.45) is 1.54. The van der Waals surface area contributed by atoms with Gasteiger partial charge in [-0.3, -0.25) is 9.59 Å². The third-order valence-electron chi connectivity index (χ3n) is 4.75. The van der Waals surface area contributed by atoms with Gasteiger partial charge in [0.05, 0.1) is 12.0 Å². The molecule has 1 aliphatic heterocycles. The van der Waals surface area contributed by atoms with Gasteiger partial charge >= 0.3 is 11.9 Å². The zero-order chi connectivity index (χ0) is 12.9. The van der Waals surface area contributed by atoms with E-state index in [9.17, 15) is 14.4 Å². The van der Waals surface area contributed by atoms with Crippen LogP contribution in [0.4, 0.5) is 0 Å². The van der Waals surface area contributed by atoms with Crippen LogP contribution in [0.25, 0.3) is 0 Å². The molecule has 0 aromatic heterocycles. The zero-order valence-corrected chi connectivity index (χ0v) is 10.3. The average Bonchev–Trinajstić information content (AvgIpc) is 2.57. The van der Waals surface area contributed by atoms with Gasteiger partial charge in [0.25, 0.3) is 0 Å². The van der Waals surface area contributed by atoms with Crippen molar-refractivity contribution in [1.82, 2.24) is 0 Å². The highest BCUT2D eigenvalue weighted by molar-refractivity contribution is 5.95. The number of hydrogen-bond donors (Lipinski definition) is 0. The van der Waals surface area contributed by atoms with Crippen molar-refractivity contribution >= 4 is 17.7 Å². The van der Waals surface area contributed by atoms with Gasteiger partial charge in [0.2, 0.25) is 0 Å². The summed E-state index contributed by atoms with van der Waals surface area (Å²) in [5.41, 5.74) is -0.653. The molecular formula is C13H16O5. The highest BCUT2D eigenvalue weighted by Crippen LogP contribution is 2.61. The van der Waals surface area contributed by atoms with E-state index in [-0.39, 0.29) is 23.6 Å². The molecule has 4 atom stereocenters. The lowest BCUT2D eigenvalue weighted by Crippen LogP contribution is -2.54. The Labute approximate surface area is 105 Å². The summed E-state index contributed by atoms with van der Waals surface area (Å²) < 4.78 is 10.3. The number of hydrogen-bond acceptors (Lipinski definition) is 5. The quantitative estimate of drug-likeness (QED) is 0.598. The van der Waals surface area contributed by atoms with E-state index in [1.807, 2.05) is 0 Å². The van der Waals surface area contributed by atoms with E-state index in [1.54, 1.807) is 0 Å². The summed E-state index contributed by atoms with van der Waals surface area (Å²) in [5, 5.41) is 0. The van der Waals surface area contributed by atoms with Crippen LogP contribution in [-0.2, 0) is 23.9 Å². The molecule has 1 saturated heterocycles. The maximum Gasteiger partial charge on any atom is 0.347 e. The zero-order valence-electron chi connectivity index (χ0n) is 10.3. The molecule has 3 fully saturated rings. The Morgan fingerprint density at radius 1 is 1.28 bits per heavy atom. The summed E-state index contributed by atoms with van der Waals surface area (Å²) in [6, 6.07) is 0. The average molecular weight is 252 g/mol. The number of cyclic esters (lactones) is 2. The van der Waals surface area contributed by atoms with Gasteiger partial charge in [-0.2, -0.15) is 0 Å². The van der Waals surface area contributed by atoms with E-state index in [1.165, 1.54) is 6.92 Å². The molecule has 3 aliphatic rings. The van der Waals surface area contributed by atoms with Gasteiger partial charge in [0.1, 0.15) is 5.78 Å². The van der Waals surface area contributed by atoms with Crippen molar-refractivity contribution in [3.8, 4) is 0 Å². The highest BCUT2D eigenvalue weighted by atomic mass is 16.6. The minimum absolute atomic E-state index is 0.125. The van der Waals surface area contributed by atoms with Crippen molar-refractivity contribution in [2.45, 2.75) is 38.7 Å². The molecule has 98 valence electrons. The molecule has 1 heterocycles. The molecule has 2 saturated carbocycles. The van der Waals surface area contributed by atoms with Gasteiger partial charge < -0.3 is 9.47 Å². The fraction of sp³-hybridized carbons (Fsp3) is 0.769. The number of carbonyl (C=O) groups excluding carboxylic acids is 3. The fourth-order valence-electron chi connectivity index (χ4n) is 3.65. The first-order valence-electron chi connectivity index (χ1n) is 6.46. The van der Waals surface area contributed by atoms with Crippen molar-refractivity contribution in [3.63, 3.8) is 0 Å². The molecule has 5 nitrogen and oxygen atoms in total. The van der Waals surface area contributed by atoms with Crippen LogP contribution in [0.2, 0.25) is 0 Å². The summed E-state index contributed by atoms with van der Waals surface area (Å²) >= 11 is 0.